The number of ether oxygens (including phenoxy) is 6. The highest BCUT2D eigenvalue weighted by Gasteiger charge is 2.53. The zero-order valence-electron chi connectivity index (χ0n) is 44.5. The van der Waals surface area contributed by atoms with Crippen molar-refractivity contribution in [3.05, 3.63) is 121 Å². The number of nitrogens with one attached hydrogen (secondary N) is 1. The molecule has 412 valence electrons. The van der Waals surface area contributed by atoms with Gasteiger partial charge in [0.05, 0.1) is 54.4 Å². The van der Waals surface area contributed by atoms with Gasteiger partial charge in [0.15, 0.2) is 0 Å². The molecule has 77 heavy (non-hydrogen) atoms. The van der Waals surface area contributed by atoms with Crippen molar-refractivity contribution in [2.45, 2.75) is 111 Å². The number of allylic oxidation sites excluding steroid dienone is 4. The lowest BCUT2D eigenvalue weighted by Gasteiger charge is -2.39. The summed E-state index contributed by atoms with van der Waals surface area (Å²) in [6.45, 7) is 14.9. The van der Waals surface area contributed by atoms with Crippen molar-refractivity contribution in [1.29, 1.82) is 0 Å². The Morgan fingerprint density at radius 1 is 0.961 bits per heavy atom. The summed E-state index contributed by atoms with van der Waals surface area (Å²) >= 11 is 0. The van der Waals surface area contributed by atoms with E-state index in [1.807, 2.05) is 24.3 Å². The van der Waals surface area contributed by atoms with Gasteiger partial charge in [-0.05, 0) is 36.0 Å². The second-order valence-electron chi connectivity index (χ2n) is 20.6. The molecule has 6 aliphatic rings. The molecule has 9 rings (SSSR count). The highest BCUT2D eigenvalue weighted by atomic mass is 16.7. The average molecular weight is 1070 g/mol. The van der Waals surface area contributed by atoms with E-state index >= 15 is 4.79 Å². The number of aliphatic hydroxyl groups excluding tert-OH is 2. The van der Waals surface area contributed by atoms with E-state index in [0.29, 0.717) is 26.2 Å². The van der Waals surface area contributed by atoms with Crippen LogP contribution in [0.15, 0.2) is 78.0 Å². The number of aliphatic hydroxyl groups is 2. The summed E-state index contributed by atoms with van der Waals surface area (Å²) in [5, 5.41) is 48.8. The third-order valence-corrected chi connectivity index (χ3v) is 15.2. The molecule has 5 bridgehead atoms. The highest BCUT2D eigenvalue weighted by Crippen LogP contribution is 2.49. The minimum absolute atomic E-state index is 0.0234. The lowest BCUT2D eigenvalue weighted by molar-refractivity contribution is -0.389. The summed E-state index contributed by atoms with van der Waals surface area (Å²) in [6.07, 6.45) is 4.24. The summed E-state index contributed by atoms with van der Waals surface area (Å²) in [5.74, 6) is -9.76. The number of nitrogens with zero attached hydrogens (tertiary/aromatic N) is 5. The molecular weight excluding hydrogens is 1000 g/mol. The molecule has 1 fully saturated rings. The smallest absolute Gasteiger partial charge is 0.414 e. The third-order valence-electron chi connectivity index (χ3n) is 15.2. The number of amides is 1. The average Bonchev–Trinajstić information content (AvgIpc) is 4.09. The minimum Gasteiger partial charge on any atom is -0.507 e. The Kier molecular flexibility index (Phi) is 16.6. The van der Waals surface area contributed by atoms with Gasteiger partial charge in [-0.15, -0.1) is 0 Å². The molecule has 0 unspecified atom stereocenters. The number of hydrogen-bond acceptors (Lipinski definition) is 19. The van der Waals surface area contributed by atoms with E-state index in [1.54, 1.807) is 49.3 Å². The number of esters is 1. The van der Waals surface area contributed by atoms with Gasteiger partial charge in [-0.1, -0.05) is 70.2 Å². The molecule has 22 nitrogen and oxygen atoms in total. The number of methoxy groups -OCH3 is 1. The fourth-order valence-corrected chi connectivity index (χ4v) is 10.7. The molecule has 1 aliphatic carbocycles. The van der Waals surface area contributed by atoms with Crippen LogP contribution in [0.5, 0.6) is 17.5 Å². The number of ketones is 3. The molecule has 5 aliphatic heterocycles. The number of benzene rings is 2. The molecular formula is C55H66N6O16. The number of aromatic nitrogens is 2. The lowest BCUT2D eigenvalue weighted by Crippen LogP contribution is -2.49. The molecule has 0 saturated carbocycles. The molecule has 10 atom stereocenters. The zero-order chi connectivity index (χ0) is 55.8. The number of Topliss-reactive ketones (excluding diaryl/α,β-unsaturated/α-hetero) is 3. The molecule has 22 heteroatoms. The zero-order valence-corrected chi connectivity index (χ0v) is 44.5. The first-order chi connectivity index (χ1) is 36.5. The van der Waals surface area contributed by atoms with E-state index in [-0.39, 0.29) is 78.1 Å². The standard InChI is InChI=1S/C55H66N6O16/c1-28-12-10-13-29(2)53(69)57-43-44(59-19-17-58(18-20-59)23-35-14-11-15-36(22-35)26-73-37-24-60-25-39(61(70)71)56-54(60)74-27-37)49(67)40-41(48(43)66)47(65)33(6)51-42(40)52(68)55(8,77-51)75-21-16-38(72-9)30(3)50(76-34(7)62)32(5)46(64)31(4)45(28)63/h10-16,21-22,25,28,30-32,37-38,45-46,50,63-65H,17-20,23-24,26-27H2,1-9H3,(H,57,69)/b12-10+,21-16+,29-13-/t28-,30+,31+,32+,37-,38-,45-,46+,50+,55-/m0/s1. The predicted molar refractivity (Wildman–Crippen MR) is 274 cm³/mol. The first-order valence-electron chi connectivity index (χ1n) is 25.6. The Morgan fingerprint density at radius 3 is 2.36 bits per heavy atom. The fraction of sp³-hybridized carbons (Fsp3) is 0.491. The number of carbonyl (C=O) groups excluding carboxylic acids is 5. The van der Waals surface area contributed by atoms with Crippen LogP contribution in [0, 0.1) is 40.7 Å². The van der Waals surface area contributed by atoms with Gasteiger partial charge in [0.25, 0.3) is 11.7 Å². The monoisotopic (exact) mass is 1070 g/mol. The number of carbonyl (C=O) groups is 5. The van der Waals surface area contributed by atoms with Crippen molar-refractivity contribution in [2.24, 2.45) is 23.7 Å². The van der Waals surface area contributed by atoms with Gasteiger partial charge in [0.2, 0.25) is 11.6 Å². The topological polar surface area (TPSA) is 281 Å². The molecule has 0 spiro atoms. The first kappa shape index (κ1) is 56.0. The Bertz CT molecular complexity index is 2970. The number of rotatable bonds is 9. The van der Waals surface area contributed by atoms with E-state index in [4.69, 9.17) is 28.4 Å². The summed E-state index contributed by atoms with van der Waals surface area (Å²) in [7, 11) is 1.42. The van der Waals surface area contributed by atoms with E-state index in [1.165, 1.54) is 59.4 Å². The summed E-state index contributed by atoms with van der Waals surface area (Å²) in [6, 6.07) is 7.99. The number of imidazole rings is 1. The molecule has 1 saturated heterocycles. The van der Waals surface area contributed by atoms with Gasteiger partial charge in [0, 0.05) is 93.5 Å². The quantitative estimate of drug-likeness (QED) is 0.126. The second kappa shape index (κ2) is 22.8. The van der Waals surface area contributed by atoms with Gasteiger partial charge in [0.1, 0.15) is 47.9 Å². The van der Waals surface area contributed by atoms with Crippen LogP contribution in [-0.2, 0) is 48.2 Å². The van der Waals surface area contributed by atoms with Crippen LogP contribution in [0.2, 0.25) is 0 Å². The normalized spacial score (nSPS) is 29.8. The number of aromatic hydroxyl groups is 1. The van der Waals surface area contributed by atoms with Gasteiger partial charge in [-0.3, -0.25) is 33.4 Å². The van der Waals surface area contributed by atoms with Crippen molar-refractivity contribution < 1.29 is 72.6 Å². The molecule has 0 radical (unpaired) electrons. The predicted octanol–water partition coefficient (Wildman–Crippen LogP) is 4.86. The maximum absolute atomic E-state index is 15.3. The Hall–Kier alpha value is -7.24. The molecule has 6 heterocycles. The van der Waals surface area contributed by atoms with Crippen LogP contribution < -0.4 is 14.8 Å². The molecule has 4 N–H and O–H groups in total. The van der Waals surface area contributed by atoms with Gasteiger partial charge < -0.3 is 64.1 Å². The van der Waals surface area contributed by atoms with Crippen molar-refractivity contribution in [3.8, 4) is 17.5 Å². The highest BCUT2D eigenvalue weighted by molar-refractivity contribution is 6.32. The van der Waals surface area contributed by atoms with Crippen LogP contribution in [0.4, 0.5) is 5.82 Å². The molecule has 3 aromatic rings. The number of nitro groups is 1. The van der Waals surface area contributed by atoms with Crippen LogP contribution in [0.1, 0.15) is 96.2 Å². The Balaban J connectivity index is 1.08. The Morgan fingerprint density at radius 2 is 1.68 bits per heavy atom. The number of phenols is 1. The van der Waals surface area contributed by atoms with Crippen molar-refractivity contribution in [1.82, 2.24) is 24.7 Å². The maximum Gasteiger partial charge on any atom is 0.414 e. The van der Waals surface area contributed by atoms with E-state index < -0.39 is 105 Å². The number of fused-ring (bicyclic) bond motifs is 15. The van der Waals surface area contributed by atoms with Gasteiger partial charge in [-0.25, -0.2) is 0 Å². The Labute approximate surface area is 445 Å². The van der Waals surface area contributed by atoms with E-state index in [0.717, 1.165) is 11.1 Å². The second-order valence-corrected chi connectivity index (χ2v) is 20.6. The minimum atomic E-state index is -2.13. The van der Waals surface area contributed by atoms with Crippen molar-refractivity contribution in [3.63, 3.8) is 0 Å². The number of piperazine rings is 1. The number of hydrogen-bond donors (Lipinski definition) is 4. The number of phenolic OH excluding ortho intramolecular Hbond substituents is 1. The molecule has 1 aromatic heterocycles. The first-order valence-corrected chi connectivity index (χ1v) is 25.6. The largest absolute Gasteiger partial charge is 0.507 e. The fourth-order valence-electron chi connectivity index (χ4n) is 10.7. The van der Waals surface area contributed by atoms with Gasteiger partial charge >= 0.3 is 23.6 Å². The molecule has 1 amide bonds. The summed E-state index contributed by atoms with van der Waals surface area (Å²) in [4.78, 5) is 89.9. The lowest BCUT2D eigenvalue weighted by atomic mass is 9.78. The molecule has 2 aromatic carbocycles. The van der Waals surface area contributed by atoms with Crippen LogP contribution in [0.3, 0.4) is 0 Å². The van der Waals surface area contributed by atoms with E-state index in [9.17, 15) is 44.6 Å². The van der Waals surface area contributed by atoms with Gasteiger partial charge in [-0.2, -0.15) is 0 Å². The van der Waals surface area contributed by atoms with Crippen LogP contribution in [0.25, 0.3) is 0 Å². The van der Waals surface area contributed by atoms with E-state index in [2.05, 4.69) is 15.2 Å². The van der Waals surface area contributed by atoms with Crippen molar-refractivity contribution in [2.75, 3.05) is 39.9 Å². The van der Waals surface area contributed by atoms with Crippen molar-refractivity contribution >= 4 is 35.0 Å². The van der Waals surface area contributed by atoms with Crippen LogP contribution in [-0.4, -0.2) is 145 Å². The SMILES string of the molecule is CO[C@H]1/C=C/O[C@@]2(C)Oc3c(C)c(O)c4c(c3C2=O)C(=O)C(N2CCN(Cc3cccc(CO[C@@H]5COc6nc([N+](=O)[O-])cn6C5)c3)CC2)=C(NC(=O)/C(C)=C\C=C\[C@H](C)[C@H](O)[C@@H](C)[C@@H](O)[C@@H](C)[C@H](OC(C)=O)[C@@H]1C)C4=O. The van der Waals surface area contributed by atoms with Crippen LogP contribution >= 0.6 is 0 Å². The third kappa shape index (κ3) is 11.3. The summed E-state index contributed by atoms with van der Waals surface area (Å²) in [5.41, 5.74) is 0.225. The summed E-state index contributed by atoms with van der Waals surface area (Å²) < 4.78 is 37.1. The maximum atomic E-state index is 15.3.